The molecular weight excluding hydrogens is 348 g/mol. The van der Waals surface area contributed by atoms with Gasteiger partial charge in [-0.25, -0.2) is 0 Å². The van der Waals surface area contributed by atoms with Crippen molar-refractivity contribution in [1.82, 2.24) is 4.57 Å². The maximum Gasteiger partial charge on any atom is 0.0514 e. The highest BCUT2D eigenvalue weighted by Crippen LogP contribution is 2.33. The minimum atomic E-state index is 0.621. The second-order valence-corrected chi connectivity index (χ2v) is 6.55. The molecule has 5 heteroatoms. The van der Waals surface area contributed by atoms with Gasteiger partial charge in [-0.05, 0) is 35.9 Å². The molecule has 2 aromatic carbocycles. The summed E-state index contributed by atoms with van der Waals surface area (Å²) in [5, 5.41) is 3.57. The molecule has 0 fully saturated rings. The third-order valence-corrected chi connectivity index (χ3v) is 4.83. The highest BCUT2D eigenvalue weighted by atomic mass is 35.5. The van der Waals surface area contributed by atoms with Crippen LogP contribution in [0.15, 0.2) is 36.4 Å². The van der Waals surface area contributed by atoms with E-state index in [0.717, 1.165) is 22.2 Å². The van der Waals surface area contributed by atoms with E-state index in [1.807, 2.05) is 37.4 Å². The first-order valence-corrected chi connectivity index (χ1v) is 7.85. The molecule has 0 bridgehead atoms. The fourth-order valence-corrected chi connectivity index (χ4v) is 3.53. The van der Waals surface area contributed by atoms with Crippen LogP contribution < -0.4 is 0 Å². The van der Waals surface area contributed by atoms with E-state index in [9.17, 15) is 0 Å². The van der Waals surface area contributed by atoms with Crippen molar-refractivity contribution >= 4 is 57.3 Å². The first-order chi connectivity index (χ1) is 9.97. The largest absolute Gasteiger partial charge is 0.347 e. The van der Waals surface area contributed by atoms with Gasteiger partial charge >= 0.3 is 0 Å². The van der Waals surface area contributed by atoms with Crippen molar-refractivity contribution in [2.24, 2.45) is 7.05 Å². The third-order valence-electron chi connectivity index (χ3n) is 3.60. The Hall–Kier alpha value is -0.860. The normalized spacial score (nSPS) is 11.3. The average Bonchev–Trinajstić information content (AvgIpc) is 2.72. The number of hydrogen-bond acceptors (Lipinski definition) is 0. The van der Waals surface area contributed by atoms with Gasteiger partial charge in [0.15, 0.2) is 0 Å². The van der Waals surface area contributed by atoms with E-state index in [-0.39, 0.29) is 0 Å². The molecule has 3 aromatic rings. The Balaban J connectivity index is 2.14. The predicted molar refractivity (Wildman–Crippen MR) is 92.2 cm³/mol. The summed E-state index contributed by atoms with van der Waals surface area (Å²) >= 11 is 24.8. The first-order valence-electron chi connectivity index (χ1n) is 6.33. The monoisotopic (exact) mass is 357 g/mol. The van der Waals surface area contributed by atoms with E-state index in [0.29, 0.717) is 26.5 Å². The number of halogens is 4. The molecule has 0 aliphatic rings. The van der Waals surface area contributed by atoms with Crippen LogP contribution in [-0.4, -0.2) is 4.57 Å². The van der Waals surface area contributed by atoms with Crippen molar-refractivity contribution in [3.05, 3.63) is 67.7 Å². The lowest BCUT2D eigenvalue weighted by molar-refractivity contribution is 0.881. The molecule has 21 heavy (non-hydrogen) atoms. The van der Waals surface area contributed by atoms with Gasteiger partial charge in [0, 0.05) is 39.6 Å². The first kappa shape index (κ1) is 15.1. The number of aryl methyl sites for hydroxylation is 1. The third kappa shape index (κ3) is 2.76. The Morgan fingerprint density at radius 1 is 0.905 bits per heavy atom. The molecule has 0 aliphatic carbocycles. The molecule has 0 atom stereocenters. The number of aromatic nitrogens is 1. The van der Waals surface area contributed by atoms with Crippen molar-refractivity contribution < 1.29 is 0 Å². The van der Waals surface area contributed by atoms with E-state index in [2.05, 4.69) is 4.57 Å². The summed E-state index contributed by atoms with van der Waals surface area (Å²) < 4.78 is 2.06. The second-order valence-electron chi connectivity index (χ2n) is 4.89. The second kappa shape index (κ2) is 5.73. The van der Waals surface area contributed by atoms with E-state index in [4.69, 9.17) is 46.4 Å². The summed E-state index contributed by atoms with van der Waals surface area (Å²) in [6.45, 7) is 0. The number of fused-ring (bicyclic) bond motifs is 1. The van der Waals surface area contributed by atoms with Gasteiger partial charge in [0.25, 0.3) is 0 Å². The van der Waals surface area contributed by atoms with Gasteiger partial charge in [-0.1, -0.05) is 52.5 Å². The number of nitrogens with zero attached hydrogens (tertiary/aromatic N) is 1. The van der Waals surface area contributed by atoms with E-state index in [1.165, 1.54) is 0 Å². The van der Waals surface area contributed by atoms with Crippen molar-refractivity contribution in [2.75, 3.05) is 0 Å². The molecule has 1 nitrogen and oxygen atoms in total. The van der Waals surface area contributed by atoms with Gasteiger partial charge in [-0.3, -0.25) is 0 Å². The lowest BCUT2D eigenvalue weighted by Gasteiger charge is -2.08. The minimum absolute atomic E-state index is 0.621. The maximum absolute atomic E-state index is 6.26. The van der Waals surface area contributed by atoms with Crippen LogP contribution in [0.3, 0.4) is 0 Å². The molecule has 0 N–H and O–H groups in total. The van der Waals surface area contributed by atoms with Gasteiger partial charge < -0.3 is 4.57 Å². The minimum Gasteiger partial charge on any atom is -0.347 e. The molecule has 3 rings (SSSR count). The Labute approximate surface area is 143 Å². The van der Waals surface area contributed by atoms with Crippen molar-refractivity contribution in [1.29, 1.82) is 0 Å². The SMILES string of the molecule is Cn1c(Cc2c(Cl)cccc2Cl)cc2c(Cl)cc(Cl)cc21. The molecule has 0 unspecified atom stereocenters. The molecule has 1 heterocycles. The molecule has 1 aromatic heterocycles. The molecule has 0 aliphatic heterocycles. The molecule has 0 saturated carbocycles. The van der Waals surface area contributed by atoms with E-state index < -0.39 is 0 Å². The van der Waals surface area contributed by atoms with Crippen LogP contribution in [-0.2, 0) is 13.5 Å². The highest BCUT2D eigenvalue weighted by molar-refractivity contribution is 6.38. The predicted octanol–water partition coefficient (Wildman–Crippen LogP) is 6.38. The van der Waals surface area contributed by atoms with Gasteiger partial charge in [0.2, 0.25) is 0 Å². The summed E-state index contributed by atoms with van der Waals surface area (Å²) in [4.78, 5) is 0. The topological polar surface area (TPSA) is 4.93 Å². The summed E-state index contributed by atoms with van der Waals surface area (Å²) in [6, 6.07) is 11.2. The number of hydrogen-bond donors (Lipinski definition) is 0. The zero-order valence-electron chi connectivity index (χ0n) is 11.1. The summed E-state index contributed by atoms with van der Waals surface area (Å²) in [7, 11) is 1.98. The molecular formula is C16H11Cl4N. The standard InChI is InChI=1S/C16H11Cl4N/c1-21-10(7-11-13(18)3-2-4-14(11)19)8-12-15(20)5-9(17)6-16(12)21/h2-6,8H,7H2,1H3. The Kier molecular flexibility index (Phi) is 4.11. The lowest BCUT2D eigenvalue weighted by Crippen LogP contribution is -1.98. The van der Waals surface area contributed by atoms with Gasteiger partial charge in [-0.15, -0.1) is 0 Å². The fourth-order valence-electron chi connectivity index (χ4n) is 2.46. The Morgan fingerprint density at radius 3 is 2.24 bits per heavy atom. The Bertz CT molecular complexity index is 816. The van der Waals surface area contributed by atoms with Crippen LogP contribution in [0.1, 0.15) is 11.3 Å². The van der Waals surface area contributed by atoms with Crippen LogP contribution >= 0.6 is 46.4 Å². The summed E-state index contributed by atoms with van der Waals surface area (Å²) in [6.07, 6.45) is 0.637. The highest BCUT2D eigenvalue weighted by Gasteiger charge is 2.13. The maximum atomic E-state index is 6.26. The summed E-state index contributed by atoms with van der Waals surface area (Å²) in [5.74, 6) is 0. The van der Waals surface area contributed by atoms with Crippen molar-refractivity contribution in [2.45, 2.75) is 6.42 Å². The lowest BCUT2D eigenvalue weighted by atomic mass is 10.1. The van der Waals surface area contributed by atoms with Crippen LogP contribution in [0.4, 0.5) is 0 Å². The quantitative estimate of drug-likeness (QED) is 0.500. The Morgan fingerprint density at radius 2 is 1.57 bits per heavy atom. The van der Waals surface area contributed by atoms with E-state index >= 15 is 0 Å². The fraction of sp³-hybridized carbons (Fsp3) is 0.125. The van der Waals surface area contributed by atoms with Crippen LogP contribution in [0.25, 0.3) is 10.9 Å². The smallest absolute Gasteiger partial charge is 0.0514 e. The number of benzene rings is 2. The average molecular weight is 359 g/mol. The number of rotatable bonds is 2. The van der Waals surface area contributed by atoms with Crippen molar-refractivity contribution in [3.63, 3.8) is 0 Å². The van der Waals surface area contributed by atoms with E-state index in [1.54, 1.807) is 6.07 Å². The molecule has 108 valence electrons. The molecule has 0 amide bonds. The van der Waals surface area contributed by atoms with Crippen LogP contribution in [0.2, 0.25) is 20.1 Å². The zero-order chi connectivity index (χ0) is 15.1. The zero-order valence-corrected chi connectivity index (χ0v) is 14.2. The molecule has 0 spiro atoms. The molecule has 0 radical (unpaired) electrons. The molecule has 0 saturated heterocycles. The van der Waals surface area contributed by atoms with Crippen LogP contribution in [0, 0.1) is 0 Å². The summed E-state index contributed by atoms with van der Waals surface area (Å²) in [5.41, 5.74) is 2.98. The van der Waals surface area contributed by atoms with Crippen molar-refractivity contribution in [3.8, 4) is 0 Å². The van der Waals surface area contributed by atoms with Gasteiger partial charge in [-0.2, -0.15) is 0 Å². The van der Waals surface area contributed by atoms with Gasteiger partial charge in [0.05, 0.1) is 10.5 Å². The van der Waals surface area contributed by atoms with Crippen LogP contribution in [0.5, 0.6) is 0 Å². The van der Waals surface area contributed by atoms with Gasteiger partial charge in [0.1, 0.15) is 0 Å².